The lowest BCUT2D eigenvalue weighted by atomic mass is 9.62. The lowest BCUT2D eigenvalue weighted by Gasteiger charge is -2.45. The van der Waals surface area contributed by atoms with Gasteiger partial charge in [-0.15, -0.1) is 0 Å². The fourth-order valence-corrected chi connectivity index (χ4v) is 15.2. The van der Waals surface area contributed by atoms with Crippen LogP contribution in [0.1, 0.15) is 163 Å². The summed E-state index contributed by atoms with van der Waals surface area (Å²) in [6, 6.07) is 21.7. The number of benzene rings is 4. The van der Waals surface area contributed by atoms with Gasteiger partial charge < -0.3 is 81.2 Å². The van der Waals surface area contributed by atoms with Crippen molar-refractivity contribution in [3.8, 4) is 23.0 Å². The summed E-state index contributed by atoms with van der Waals surface area (Å²) < 4.78 is 22.5. The lowest BCUT2D eigenvalue weighted by Crippen LogP contribution is -2.57. The van der Waals surface area contributed by atoms with Crippen molar-refractivity contribution < 1.29 is 77.1 Å². The van der Waals surface area contributed by atoms with Gasteiger partial charge in [-0.05, 0) is 186 Å². The van der Waals surface area contributed by atoms with E-state index in [1.165, 1.54) is 27.7 Å². The third-order valence-corrected chi connectivity index (χ3v) is 21.5. The van der Waals surface area contributed by atoms with Crippen LogP contribution in [0.25, 0.3) is 0 Å². The SMILES string of the molecule is C.CC(=O)c1cccc2c1OB(O)[C@@H](CC(=O)C1(N(C)C)CCN(C)CC1)C2.CC(=O)c1cccc2c1OB(O)[C@@H](CC(=O)C1(N)CCNCC1)C2.CC(=O)c1cccc2c1OB(O)[C@@H](CC(=O)C1CNCCN1)C2.CC(=O)c1cccc2c1OB(O)[C@@H](CC(=O)CNC1CCN(CCN)CC1)C2. The number of piperazine rings is 1. The van der Waals surface area contributed by atoms with E-state index >= 15 is 0 Å². The van der Waals surface area contributed by atoms with Crippen LogP contribution < -0.4 is 51.4 Å². The van der Waals surface area contributed by atoms with Crippen LogP contribution in [0, 0.1) is 0 Å². The van der Waals surface area contributed by atoms with E-state index in [0.717, 1.165) is 107 Å². The quantitative estimate of drug-likeness (QED) is 0.0418. The van der Waals surface area contributed by atoms with E-state index in [1.807, 2.05) is 61.5 Å². The molecule has 8 heterocycles. The molecule has 12 N–H and O–H groups in total. The number of rotatable bonds is 21. The Morgan fingerprint density at radius 2 is 0.951 bits per heavy atom. The standard InChI is InChI=1S/C20H30BN3O4.C20H29BN2O4.C17H23BN2O4.C16H21BN2O4.CH4/c1-14(25)19-4-2-3-15-11-16(21(27)28-20(15)19)12-18(26)13-23-17-5-8-24(9-6-17)10-7-22;1-14(24)17-7-5-6-15-12-16(21(26)27-19(15)17)13-18(25)20(22(2)3)8-10-23(4)11-9-20;1-11(21)14-4-2-3-12-9-13(18(23)24-16(12)14)10-15(22)17(19)5-7-20-8-6-17;1-10(20)13-4-2-3-11-7-12(17(22)23-16(11)13)8-15(21)14-9-18-5-6-19-14;/h2-4,16-17,23,27H,5-13,22H2,1H3;5-7,16,26H,8-13H2,1-4H3;2-4,13,20,23H,5-10,19H2,1H3;2-4,12,14,18-19,22H,5-9H2,1H3;1H4/t2*16-;13-;12-,14?;/m1111./s1. The first kappa shape index (κ1) is 81.8. The summed E-state index contributed by atoms with van der Waals surface area (Å²) in [5.41, 5.74) is 15.9. The second kappa shape index (κ2) is 37.4. The molecule has 8 aliphatic rings. The van der Waals surface area contributed by atoms with Crippen LogP contribution in [-0.2, 0) is 44.9 Å². The van der Waals surface area contributed by atoms with Crippen molar-refractivity contribution in [1.82, 2.24) is 36.0 Å². The average Bonchev–Trinajstić information content (AvgIpc) is 0.857. The second-order valence-electron chi connectivity index (χ2n) is 29.1. The Morgan fingerprint density at radius 3 is 1.33 bits per heavy atom. The van der Waals surface area contributed by atoms with E-state index < -0.39 is 39.6 Å². The summed E-state index contributed by atoms with van der Waals surface area (Å²) >= 11 is 0. The molecule has 1 unspecified atom stereocenters. The van der Waals surface area contributed by atoms with E-state index in [4.69, 9.17) is 30.1 Å². The smallest absolute Gasteiger partial charge is 0.526 e. The van der Waals surface area contributed by atoms with Crippen LogP contribution in [0.5, 0.6) is 23.0 Å². The Morgan fingerprint density at radius 1 is 0.553 bits per heavy atom. The Kier molecular flexibility index (Phi) is 29.7. The van der Waals surface area contributed by atoms with Gasteiger partial charge in [-0.2, -0.15) is 0 Å². The summed E-state index contributed by atoms with van der Waals surface area (Å²) in [7, 11) is 1.68. The number of piperidine rings is 3. The molecule has 0 aromatic heterocycles. The number of carbonyl (C=O) groups excluding carboxylic acids is 8. The van der Waals surface area contributed by atoms with Gasteiger partial charge in [0, 0.05) is 101 Å². The molecule has 0 aliphatic carbocycles. The highest BCUT2D eigenvalue weighted by atomic mass is 16.5. The number of likely N-dealkylation sites (tertiary alicyclic amines) is 2. The van der Waals surface area contributed by atoms with Crippen LogP contribution in [0.15, 0.2) is 72.8 Å². The van der Waals surface area contributed by atoms with Crippen molar-refractivity contribution in [3.05, 3.63) is 117 Å². The largest absolute Gasteiger partial charge is 0.535 e. The number of hydrogen-bond donors (Lipinski definition) is 10. The number of nitrogens with two attached hydrogens (primary N) is 2. The number of para-hydroxylation sites is 4. The first-order valence-corrected chi connectivity index (χ1v) is 36.2. The van der Waals surface area contributed by atoms with Gasteiger partial charge in [-0.25, -0.2) is 0 Å². The van der Waals surface area contributed by atoms with Gasteiger partial charge >= 0.3 is 28.5 Å². The van der Waals surface area contributed by atoms with E-state index in [9.17, 15) is 58.5 Å². The zero-order valence-corrected chi connectivity index (χ0v) is 60.3. The minimum atomic E-state index is -1.10. The molecule has 0 amide bonds. The topological polar surface area (TPSA) is 364 Å². The molecule has 0 spiro atoms. The molecule has 0 radical (unpaired) electrons. The third kappa shape index (κ3) is 20.8. The van der Waals surface area contributed by atoms with Gasteiger partial charge in [0.2, 0.25) is 0 Å². The molecule has 5 atom stereocenters. The van der Waals surface area contributed by atoms with Gasteiger partial charge in [0.25, 0.3) is 0 Å². The molecule has 4 saturated heterocycles. The molecule has 12 rings (SSSR count). The highest BCUT2D eigenvalue weighted by Crippen LogP contribution is 2.42. The maximum atomic E-state index is 13.3. The summed E-state index contributed by atoms with van der Waals surface area (Å²) in [5.74, 6) is 0.469. The monoisotopic (exact) mass is 1420 g/mol. The van der Waals surface area contributed by atoms with E-state index in [2.05, 4.69) is 38.1 Å². The molecular weight excluding hydrogens is 1310 g/mol. The van der Waals surface area contributed by atoms with E-state index in [1.54, 1.807) is 30.3 Å². The van der Waals surface area contributed by atoms with Crippen LogP contribution >= 0.6 is 0 Å². The highest BCUT2D eigenvalue weighted by Gasteiger charge is 2.48. The lowest BCUT2D eigenvalue weighted by molar-refractivity contribution is -0.133. The number of nitrogens with one attached hydrogen (secondary N) is 4. The van der Waals surface area contributed by atoms with Crippen LogP contribution in [0.2, 0.25) is 23.3 Å². The zero-order chi connectivity index (χ0) is 73.6. The summed E-state index contributed by atoms with van der Waals surface area (Å²) in [6.07, 6.45) is 7.90. The van der Waals surface area contributed by atoms with Crippen LogP contribution in [-0.4, -0.2) is 232 Å². The molecular formula is C74H107B4N9O16. The Bertz CT molecular complexity index is 3640. The Hall–Kier alpha value is -6.82. The van der Waals surface area contributed by atoms with Crippen molar-refractivity contribution >= 4 is 74.7 Å². The molecule has 4 fully saturated rings. The van der Waals surface area contributed by atoms with E-state index in [-0.39, 0.29) is 109 Å². The zero-order valence-electron chi connectivity index (χ0n) is 60.3. The molecule has 0 saturated carbocycles. The normalized spacial score (nSPS) is 22.0. The van der Waals surface area contributed by atoms with Gasteiger partial charge in [0.15, 0.2) is 40.5 Å². The van der Waals surface area contributed by atoms with Gasteiger partial charge in [0.1, 0.15) is 28.8 Å². The first-order chi connectivity index (χ1) is 48.7. The number of hydrogen-bond acceptors (Lipinski definition) is 25. The summed E-state index contributed by atoms with van der Waals surface area (Å²) in [4.78, 5) is 104. The highest BCUT2D eigenvalue weighted by molar-refractivity contribution is 6.48. The van der Waals surface area contributed by atoms with Crippen molar-refractivity contribution in [3.63, 3.8) is 0 Å². The maximum Gasteiger partial charge on any atom is 0.526 e. The number of nitrogens with zero attached hydrogens (tertiary/aromatic N) is 3. The van der Waals surface area contributed by atoms with Crippen molar-refractivity contribution in [2.45, 2.75) is 171 Å². The minimum Gasteiger partial charge on any atom is -0.535 e. The Balaban J connectivity index is 0.000000174. The molecule has 29 heteroatoms. The fraction of sp³-hybridized carbons (Fsp3) is 0.568. The predicted octanol–water partition coefficient (Wildman–Crippen LogP) is 3.85. The van der Waals surface area contributed by atoms with Crippen molar-refractivity contribution in [1.29, 1.82) is 0 Å². The van der Waals surface area contributed by atoms with Gasteiger partial charge in [-0.3, -0.25) is 43.3 Å². The molecule has 8 aliphatic heterocycles. The van der Waals surface area contributed by atoms with Gasteiger partial charge in [0.05, 0.1) is 45.9 Å². The summed E-state index contributed by atoms with van der Waals surface area (Å²) in [6.45, 7) is 15.3. The average molecular weight is 1420 g/mol. The van der Waals surface area contributed by atoms with Crippen molar-refractivity contribution in [2.24, 2.45) is 11.5 Å². The molecule has 4 aromatic carbocycles. The molecule has 556 valence electrons. The number of ketones is 8. The first-order valence-electron chi connectivity index (χ1n) is 36.2. The van der Waals surface area contributed by atoms with Crippen molar-refractivity contribution in [2.75, 3.05) is 99.7 Å². The molecule has 4 aromatic rings. The van der Waals surface area contributed by atoms with Gasteiger partial charge in [-0.1, -0.05) is 56.0 Å². The molecule has 0 bridgehead atoms. The molecule has 25 nitrogen and oxygen atoms in total. The second-order valence-corrected chi connectivity index (χ2v) is 29.1. The Labute approximate surface area is 607 Å². The number of carbonyl (C=O) groups is 8. The summed E-state index contributed by atoms with van der Waals surface area (Å²) in [5, 5.41) is 54.4. The number of likely N-dealkylation sites (N-methyl/N-ethyl adjacent to an activating group) is 1. The van der Waals surface area contributed by atoms with Crippen LogP contribution in [0.4, 0.5) is 0 Å². The number of fused-ring (bicyclic) bond motifs is 4. The fourth-order valence-electron chi connectivity index (χ4n) is 15.2. The van der Waals surface area contributed by atoms with E-state index in [0.29, 0.717) is 109 Å². The number of Topliss-reactive ketones (excluding diaryl/α,β-unsaturated/α-hetero) is 8. The molecule has 103 heavy (non-hydrogen) atoms. The minimum absolute atomic E-state index is 0. The predicted molar refractivity (Wildman–Crippen MR) is 399 cm³/mol. The maximum absolute atomic E-state index is 13.3. The van der Waals surface area contributed by atoms with Crippen LogP contribution in [0.3, 0.4) is 0 Å². The third-order valence-electron chi connectivity index (χ3n) is 21.5.